The summed E-state index contributed by atoms with van der Waals surface area (Å²) in [5.74, 6) is 5.25. The molecule has 0 aromatic rings. The summed E-state index contributed by atoms with van der Waals surface area (Å²) < 4.78 is 0. The van der Waals surface area contributed by atoms with E-state index in [1.54, 1.807) is 0 Å². The van der Waals surface area contributed by atoms with Crippen LogP contribution >= 0.6 is 0 Å². The molecule has 0 heterocycles. The van der Waals surface area contributed by atoms with Crippen molar-refractivity contribution in [3.8, 4) is 0 Å². The molecule has 4 rings (SSSR count). The maximum absolute atomic E-state index is 10.2. The number of allylic oxidation sites excluding steroid dienone is 4. The van der Waals surface area contributed by atoms with E-state index in [0.29, 0.717) is 28.6 Å². The van der Waals surface area contributed by atoms with Crippen molar-refractivity contribution >= 4 is 0 Å². The van der Waals surface area contributed by atoms with Crippen LogP contribution in [0.25, 0.3) is 0 Å². The molecule has 1 heteroatoms. The Morgan fingerprint density at radius 3 is 2.34 bits per heavy atom. The molecule has 1 nitrogen and oxygen atoms in total. The van der Waals surface area contributed by atoms with E-state index in [2.05, 4.69) is 59.8 Å². The Bertz CT molecular complexity index is 659. The summed E-state index contributed by atoms with van der Waals surface area (Å²) in [5, 5.41) is 10.2. The monoisotopic (exact) mass is 398 g/mol. The lowest BCUT2D eigenvalue weighted by atomic mass is 9.47. The molecule has 4 aliphatic carbocycles. The quantitative estimate of drug-likeness (QED) is 0.489. The highest BCUT2D eigenvalue weighted by Crippen LogP contribution is 2.66. The number of fused-ring (bicyclic) bond motifs is 5. The van der Waals surface area contributed by atoms with E-state index in [1.165, 1.54) is 38.5 Å². The van der Waals surface area contributed by atoms with Crippen molar-refractivity contribution in [1.29, 1.82) is 0 Å². The fraction of sp³-hybridized carbons (Fsp3) is 0.857. The minimum Gasteiger partial charge on any atom is -0.393 e. The van der Waals surface area contributed by atoms with Crippen LogP contribution in [0.5, 0.6) is 0 Å². The van der Waals surface area contributed by atoms with Crippen LogP contribution in [0.1, 0.15) is 92.9 Å². The fourth-order valence-corrected chi connectivity index (χ4v) is 8.10. The van der Waals surface area contributed by atoms with Crippen LogP contribution in [-0.4, -0.2) is 11.2 Å². The molecule has 0 amide bonds. The van der Waals surface area contributed by atoms with Gasteiger partial charge in [-0.2, -0.15) is 0 Å². The second-order valence-electron chi connectivity index (χ2n) is 12.3. The van der Waals surface area contributed by atoms with E-state index in [0.717, 1.165) is 36.5 Å². The molecule has 0 bridgehead atoms. The predicted molar refractivity (Wildman–Crippen MR) is 124 cm³/mol. The second kappa shape index (κ2) is 7.85. The number of rotatable bonds is 4. The van der Waals surface area contributed by atoms with E-state index in [4.69, 9.17) is 0 Å². The Kier molecular flexibility index (Phi) is 5.86. The summed E-state index contributed by atoms with van der Waals surface area (Å²) in [6.07, 6.45) is 17.8. The molecule has 0 aliphatic heterocycles. The van der Waals surface area contributed by atoms with Gasteiger partial charge < -0.3 is 5.11 Å². The zero-order valence-electron chi connectivity index (χ0n) is 20.0. The lowest BCUT2D eigenvalue weighted by molar-refractivity contribution is -0.0414. The SMILES string of the molecule is CC(C)[C@@H](C)/C=C/[C@@H](C)[C@H]1CCC2C3=CC[C@H]4C[C@@H](O)CC[C@]4(C)C3CC[C@@]21C. The highest BCUT2D eigenvalue weighted by molar-refractivity contribution is 5.28. The van der Waals surface area contributed by atoms with E-state index in [1.807, 2.05) is 5.57 Å². The molecule has 29 heavy (non-hydrogen) atoms. The van der Waals surface area contributed by atoms with Crippen molar-refractivity contribution in [3.63, 3.8) is 0 Å². The minimum atomic E-state index is -0.0476. The van der Waals surface area contributed by atoms with Crippen molar-refractivity contribution < 1.29 is 5.11 Å². The summed E-state index contributed by atoms with van der Waals surface area (Å²) in [6.45, 7) is 14.7. The van der Waals surface area contributed by atoms with E-state index in [9.17, 15) is 5.11 Å². The second-order valence-corrected chi connectivity index (χ2v) is 12.3. The number of hydrogen-bond donors (Lipinski definition) is 1. The van der Waals surface area contributed by atoms with Crippen LogP contribution in [0.4, 0.5) is 0 Å². The molecule has 164 valence electrons. The molecule has 1 N–H and O–H groups in total. The maximum atomic E-state index is 10.2. The Morgan fingerprint density at radius 1 is 0.931 bits per heavy atom. The van der Waals surface area contributed by atoms with Gasteiger partial charge in [-0.15, -0.1) is 0 Å². The van der Waals surface area contributed by atoms with Gasteiger partial charge in [-0.1, -0.05) is 65.3 Å². The van der Waals surface area contributed by atoms with Crippen molar-refractivity contribution in [2.45, 2.75) is 99.0 Å². The highest BCUT2D eigenvalue weighted by atomic mass is 16.3. The molecule has 4 aliphatic rings. The lowest BCUT2D eigenvalue weighted by Gasteiger charge is -2.57. The van der Waals surface area contributed by atoms with Gasteiger partial charge in [0.2, 0.25) is 0 Å². The van der Waals surface area contributed by atoms with Gasteiger partial charge >= 0.3 is 0 Å². The Hall–Kier alpha value is -0.560. The standard InChI is InChI=1S/C28H46O/c1-18(2)19(3)7-8-20(4)24-11-12-25-23-10-9-21-17-22(29)13-15-27(21,5)26(23)14-16-28(24,25)6/h7-8,10,18-22,24-26,29H,9,11-17H2,1-6H3/b8-7+/t19-,20+,21-,22-,24+,25?,26?,27-,28+/m0/s1. The largest absolute Gasteiger partial charge is 0.393 e. The lowest BCUT2D eigenvalue weighted by Crippen LogP contribution is -2.49. The normalized spacial score (nSPS) is 46.8. The van der Waals surface area contributed by atoms with Crippen LogP contribution in [0.15, 0.2) is 23.8 Å². The topological polar surface area (TPSA) is 20.2 Å². The third-order valence-corrected chi connectivity index (χ3v) is 10.5. The molecule has 2 unspecified atom stereocenters. The fourth-order valence-electron chi connectivity index (χ4n) is 8.10. The average molecular weight is 399 g/mol. The van der Waals surface area contributed by atoms with Crippen LogP contribution in [0.3, 0.4) is 0 Å². The van der Waals surface area contributed by atoms with Gasteiger partial charge in [0.1, 0.15) is 0 Å². The van der Waals surface area contributed by atoms with Gasteiger partial charge in [-0.25, -0.2) is 0 Å². The van der Waals surface area contributed by atoms with Gasteiger partial charge in [-0.3, -0.25) is 0 Å². The molecule has 3 saturated carbocycles. The number of aliphatic hydroxyl groups excluding tert-OH is 1. The molecule has 0 aromatic heterocycles. The minimum absolute atomic E-state index is 0.0476. The molecular weight excluding hydrogens is 352 g/mol. The first-order valence-corrected chi connectivity index (χ1v) is 12.7. The molecule has 0 aromatic carbocycles. The Labute approximate surface area is 180 Å². The summed E-state index contributed by atoms with van der Waals surface area (Å²) in [6, 6.07) is 0. The Balaban J connectivity index is 1.54. The maximum Gasteiger partial charge on any atom is 0.0543 e. The van der Waals surface area contributed by atoms with Crippen molar-refractivity contribution in [2.75, 3.05) is 0 Å². The van der Waals surface area contributed by atoms with E-state index >= 15 is 0 Å². The van der Waals surface area contributed by atoms with Gasteiger partial charge in [-0.05, 0) is 104 Å². The molecule has 3 fully saturated rings. The summed E-state index contributed by atoms with van der Waals surface area (Å²) >= 11 is 0. The first-order chi connectivity index (χ1) is 13.7. The highest BCUT2D eigenvalue weighted by Gasteiger charge is 2.57. The van der Waals surface area contributed by atoms with Gasteiger partial charge in [0.25, 0.3) is 0 Å². The van der Waals surface area contributed by atoms with E-state index in [-0.39, 0.29) is 6.10 Å². The van der Waals surface area contributed by atoms with Crippen molar-refractivity contribution in [3.05, 3.63) is 23.8 Å². The van der Waals surface area contributed by atoms with Crippen LogP contribution < -0.4 is 0 Å². The third-order valence-electron chi connectivity index (χ3n) is 10.5. The zero-order chi connectivity index (χ0) is 21.0. The van der Waals surface area contributed by atoms with Gasteiger partial charge in [0.15, 0.2) is 0 Å². The number of hydrogen-bond acceptors (Lipinski definition) is 1. The van der Waals surface area contributed by atoms with Crippen LogP contribution in [0, 0.1) is 52.3 Å². The summed E-state index contributed by atoms with van der Waals surface area (Å²) in [7, 11) is 0. The third kappa shape index (κ3) is 3.58. The average Bonchev–Trinajstić information content (AvgIpc) is 3.03. The van der Waals surface area contributed by atoms with Gasteiger partial charge in [0, 0.05) is 0 Å². The molecular formula is C28H46O. The van der Waals surface area contributed by atoms with Crippen LogP contribution in [0.2, 0.25) is 0 Å². The smallest absolute Gasteiger partial charge is 0.0543 e. The predicted octanol–water partition coefficient (Wildman–Crippen LogP) is 7.41. The summed E-state index contributed by atoms with van der Waals surface area (Å²) in [4.78, 5) is 0. The molecule has 0 radical (unpaired) electrons. The van der Waals surface area contributed by atoms with Crippen molar-refractivity contribution in [2.24, 2.45) is 52.3 Å². The number of aliphatic hydroxyl groups is 1. The molecule has 9 atom stereocenters. The van der Waals surface area contributed by atoms with Gasteiger partial charge in [0.05, 0.1) is 6.10 Å². The first-order valence-electron chi connectivity index (χ1n) is 12.7. The molecule has 0 spiro atoms. The molecule has 0 saturated heterocycles. The zero-order valence-corrected chi connectivity index (χ0v) is 20.0. The Morgan fingerprint density at radius 2 is 1.62 bits per heavy atom. The first kappa shape index (κ1) is 21.7. The van der Waals surface area contributed by atoms with Crippen LogP contribution in [-0.2, 0) is 0 Å². The summed E-state index contributed by atoms with van der Waals surface area (Å²) in [5.41, 5.74) is 2.79. The van der Waals surface area contributed by atoms with Crippen molar-refractivity contribution in [1.82, 2.24) is 0 Å². The van der Waals surface area contributed by atoms with E-state index < -0.39 is 0 Å².